The first kappa shape index (κ1) is 8.99. The summed E-state index contributed by atoms with van der Waals surface area (Å²) in [6, 6.07) is 1.99. The highest BCUT2D eigenvalue weighted by molar-refractivity contribution is 9.10. The van der Waals surface area contributed by atoms with E-state index in [1.54, 1.807) is 0 Å². The zero-order valence-electron chi connectivity index (χ0n) is 5.84. The number of carboxylic acid groups (broad SMARTS) is 1. The maximum absolute atomic E-state index is 12.6. The van der Waals surface area contributed by atoms with Crippen LogP contribution in [-0.4, -0.2) is 11.1 Å². The van der Waals surface area contributed by atoms with Crippen LogP contribution in [0.4, 0.5) is 10.1 Å². The molecule has 3 nitrogen and oxygen atoms in total. The first-order chi connectivity index (χ1) is 5.52. The minimum absolute atomic E-state index is 0.0314. The first-order valence-corrected chi connectivity index (χ1v) is 3.79. The second kappa shape index (κ2) is 3.10. The van der Waals surface area contributed by atoms with Gasteiger partial charge in [-0.05, 0) is 28.1 Å². The van der Waals surface area contributed by atoms with Gasteiger partial charge in [0.1, 0.15) is 5.82 Å². The fraction of sp³-hybridized carbons (Fsp3) is 0. The molecule has 0 radical (unpaired) electrons. The van der Waals surface area contributed by atoms with E-state index in [0.717, 1.165) is 12.1 Å². The van der Waals surface area contributed by atoms with Crippen LogP contribution >= 0.6 is 15.9 Å². The van der Waals surface area contributed by atoms with Crippen LogP contribution in [-0.2, 0) is 0 Å². The molecule has 0 fully saturated rings. The van der Waals surface area contributed by atoms with E-state index in [0.29, 0.717) is 0 Å². The van der Waals surface area contributed by atoms with Gasteiger partial charge in [-0.2, -0.15) is 0 Å². The molecule has 1 aromatic carbocycles. The van der Waals surface area contributed by atoms with Crippen LogP contribution in [0.1, 0.15) is 10.4 Å². The number of halogens is 2. The number of carboxylic acids is 1. The smallest absolute Gasteiger partial charge is 0.337 e. The highest BCUT2D eigenvalue weighted by atomic mass is 79.9. The summed E-state index contributed by atoms with van der Waals surface area (Å²) in [5.41, 5.74) is 5.16. The molecular formula is C7H5BrFNO2. The molecule has 0 atom stereocenters. The molecule has 0 aromatic heterocycles. The normalized spacial score (nSPS) is 9.83. The molecular weight excluding hydrogens is 229 g/mol. The molecule has 0 saturated carbocycles. The van der Waals surface area contributed by atoms with Gasteiger partial charge in [0, 0.05) is 4.47 Å². The third-order valence-electron chi connectivity index (χ3n) is 1.32. The predicted molar refractivity (Wildman–Crippen MR) is 45.5 cm³/mol. The van der Waals surface area contributed by atoms with Crippen molar-refractivity contribution in [1.82, 2.24) is 0 Å². The number of aromatic carboxylic acids is 1. The molecule has 0 aliphatic heterocycles. The Kier molecular flexibility index (Phi) is 2.32. The van der Waals surface area contributed by atoms with E-state index in [2.05, 4.69) is 15.9 Å². The largest absolute Gasteiger partial charge is 0.478 e. The summed E-state index contributed by atoms with van der Waals surface area (Å²) < 4.78 is 12.9. The van der Waals surface area contributed by atoms with Crippen molar-refractivity contribution in [3.05, 3.63) is 28.0 Å². The lowest BCUT2D eigenvalue weighted by Gasteiger charge is -2.02. The summed E-state index contributed by atoms with van der Waals surface area (Å²) in [4.78, 5) is 10.5. The van der Waals surface area contributed by atoms with E-state index < -0.39 is 11.8 Å². The lowest BCUT2D eigenvalue weighted by molar-refractivity contribution is 0.0697. The van der Waals surface area contributed by atoms with Crippen LogP contribution in [0.3, 0.4) is 0 Å². The Morgan fingerprint density at radius 1 is 1.58 bits per heavy atom. The summed E-state index contributed by atoms with van der Waals surface area (Å²) in [6.45, 7) is 0. The van der Waals surface area contributed by atoms with Gasteiger partial charge in [-0.3, -0.25) is 0 Å². The van der Waals surface area contributed by atoms with Crippen molar-refractivity contribution in [3.8, 4) is 0 Å². The molecule has 3 N–H and O–H groups in total. The summed E-state index contributed by atoms with van der Waals surface area (Å²) >= 11 is 2.94. The van der Waals surface area contributed by atoms with Gasteiger partial charge in [0.15, 0.2) is 0 Å². The fourth-order valence-electron chi connectivity index (χ4n) is 0.762. The zero-order valence-corrected chi connectivity index (χ0v) is 7.43. The zero-order chi connectivity index (χ0) is 9.30. The molecule has 0 amide bonds. The number of hydrogen-bond acceptors (Lipinski definition) is 2. The van der Waals surface area contributed by atoms with Crippen LogP contribution in [0.25, 0.3) is 0 Å². The Bertz CT molecular complexity index is 340. The molecule has 12 heavy (non-hydrogen) atoms. The van der Waals surface area contributed by atoms with E-state index >= 15 is 0 Å². The Morgan fingerprint density at radius 3 is 2.67 bits per heavy atom. The molecule has 64 valence electrons. The lowest BCUT2D eigenvalue weighted by atomic mass is 10.2. The number of anilines is 1. The summed E-state index contributed by atoms with van der Waals surface area (Å²) in [5, 5.41) is 8.55. The van der Waals surface area contributed by atoms with Gasteiger partial charge in [-0.15, -0.1) is 0 Å². The molecule has 0 bridgehead atoms. The second-order valence-corrected chi connectivity index (χ2v) is 3.01. The van der Waals surface area contributed by atoms with E-state index in [-0.39, 0.29) is 15.7 Å². The van der Waals surface area contributed by atoms with Gasteiger partial charge in [0.25, 0.3) is 0 Å². The van der Waals surface area contributed by atoms with Crippen molar-refractivity contribution in [1.29, 1.82) is 0 Å². The first-order valence-electron chi connectivity index (χ1n) is 3.00. The minimum Gasteiger partial charge on any atom is -0.478 e. The van der Waals surface area contributed by atoms with Gasteiger partial charge in [0.05, 0.1) is 11.3 Å². The monoisotopic (exact) mass is 233 g/mol. The highest BCUT2D eigenvalue weighted by Crippen LogP contribution is 2.24. The summed E-state index contributed by atoms with van der Waals surface area (Å²) in [5.74, 6) is -1.87. The topological polar surface area (TPSA) is 63.3 Å². The predicted octanol–water partition coefficient (Wildman–Crippen LogP) is 1.87. The van der Waals surface area contributed by atoms with Crippen LogP contribution < -0.4 is 5.73 Å². The number of carbonyl (C=O) groups is 1. The van der Waals surface area contributed by atoms with Crippen molar-refractivity contribution in [2.75, 3.05) is 5.73 Å². The van der Waals surface area contributed by atoms with Gasteiger partial charge >= 0.3 is 5.97 Å². The number of rotatable bonds is 1. The minimum atomic E-state index is -1.24. The maximum atomic E-state index is 12.6. The Morgan fingerprint density at radius 2 is 2.17 bits per heavy atom. The van der Waals surface area contributed by atoms with Crippen molar-refractivity contribution in [3.63, 3.8) is 0 Å². The number of nitrogens with two attached hydrogens (primary N) is 1. The van der Waals surface area contributed by atoms with Crippen molar-refractivity contribution < 1.29 is 14.3 Å². The quantitative estimate of drug-likeness (QED) is 0.729. The molecule has 1 aromatic rings. The van der Waals surface area contributed by atoms with Crippen LogP contribution in [0.5, 0.6) is 0 Å². The van der Waals surface area contributed by atoms with Gasteiger partial charge < -0.3 is 10.8 Å². The molecule has 1 rings (SSSR count). The molecule has 0 spiro atoms. The number of hydrogen-bond donors (Lipinski definition) is 2. The summed E-state index contributed by atoms with van der Waals surface area (Å²) in [7, 11) is 0. The standard InChI is InChI=1S/C7H5BrFNO2/c8-5-2-3(9)1-4(6(5)10)7(11)12/h1-2H,10H2,(H,11,12). The van der Waals surface area contributed by atoms with Gasteiger partial charge in [-0.25, -0.2) is 9.18 Å². The van der Waals surface area contributed by atoms with Crippen molar-refractivity contribution in [2.24, 2.45) is 0 Å². The average molecular weight is 234 g/mol. The Hall–Kier alpha value is -1.10. The molecule has 0 aliphatic carbocycles. The fourth-order valence-corrected chi connectivity index (χ4v) is 1.19. The lowest BCUT2D eigenvalue weighted by Crippen LogP contribution is -2.03. The van der Waals surface area contributed by atoms with Crippen molar-refractivity contribution in [2.45, 2.75) is 0 Å². The second-order valence-electron chi connectivity index (χ2n) is 2.15. The molecule has 0 heterocycles. The van der Waals surface area contributed by atoms with E-state index in [9.17, 15) is 9.18 Å². The van der Waals surface area contributed by atoms with Gasteiger partial charge in [0.2, 0.25) is 0 Å². The van der Waals surface area contributed by atoms with E-state index in [4.69, 9.17) is 10.8 Å². The van der Waals surface area contributed by atoms with Crippen molar-refractivity contribution >= 4 is 27.6 Å². The van der Waals surface area contributed by atoms with Gasteiger partial charge in [-0.1, -0.05) is 0 Å². The Balaban J connectivity index is 3.37. The van der Waals surface area contributed by atoms with Crippen LogP contribution in [0.2, 0.25) is 0 Å². The third kappa shape index (κ3) is 1.55. The Labute approximate surface area is 76.1 Å². The van der Waals surface area contributed by atoms with Crippen LogP contribution in [0, 0.1) is 5.82 Å². The maximum Gasteiger partial charge on any atom is 0.337 e. The molecule has 0 aliphatic rings. The average Bonchev–Trinajstić information content (AvgIpc) is 1.96. The molecule has 0 saturated heterocycles. The van der Waals surface area contributed by atoms with E-state index in [1.807, 2.05) is 0 Å². The third-order valence-corrected chi connectivity index (χ3v) is 1.98. The number of nitrogen functional groups attached to an aromatic ring is 1. The summed E-state index contributed by atoms with van der Waals surface area (Å²) in [6.07, 6.45) is 0. The van der Waals surface area contributed by atoms with E-state index in [1.165, 1.54) is 0 Å². The number of benzene rings is 1. The molecule has 5 heteroatoms. The van der Waals surface area contributed by atoms with Crippen LogP contribution in [0.15, 0.2) is 16.6 Å². The molecule has 0 unspecified atom stereocenters. The SMILES string of the molecule is Nc1c(Br)cc(F)cc1C(=O)O. The highest BCUT2D eigenvalue weighted by Gasteiger charge is 2.11.